The molecule has 0 aromatic carbocycles. The quantitative estimate of drug-likeness (QED) is 0.513. The van der Waals surface area contributed by atoms with Gasteiger partial charge in [0.2, 0.25) is 0 Å². The average molecular weight is 135 g/mol. The molecule has 0 saturated carbocycles. The number of hydrogen-bond donors (Lipinski definition) is 0. The molecule has 0 amide bonds. The summed E-state index contributed by atoms with van der Waals surface area (Å²) in [5.41, 5.74) is 1.29. The SMILES string of the molecule is [CH2]C(C)c1cc[n+](C)cc1. The van der Waals surface area contributed by atoms with E-state index in [1.165, 1.54) is 5.56 Å². The van der Waals surface area contributed by atoms with Gasteiger partial charge in [-0.15, -0.1) is 0 Å². The summed E-state index contributed by atoms with van der Waals surface area (Å²) < 4.78 is 2.02. The van der Waals surface area contributed by atoms with Crippen LogP contribution in [-0.4, -0.2) is 0 Å². The second-order valence-corrected chi connectivity index (χ2v) is 2.70. The van der Waals surface area contributed by atoms with Gasteiger partial charge in [-0.3, -0.25) is 0 Å². The minimum absolute atomic E-state index is 0.390. The smallest absolute Gasteiger partial charge is 0.168 e. The van der Waals surface area contributed by atoms with Crippen LogP contribution in [0.2, 0.25) is 0 Å². The molecule has 1 heterocycles. The Morgan fingerprint density at radius 3 is 2.30 bits per heavy atom. The molecule has 0 aliphatic heterocycles. The number of pyridine rings is 1. The third kappa shape index (κ3) is 1.56. The standard InChI is InChI=1S/C9H13N/c1-8(2)9-4-6-10(3)7-5-9/h4-8H,1H2,2-3H3/q+1. The maximum atomic E-state index is 3.93. The van der Waals surface area contributed by atoms with Crippen LogP contribution in [0.4, 0.5) is 0 Å². The summed E-state index contributed by atoms with van der Waals surface area (Å²) in [6, 6.07) is 4.19. The van der Waals surface area contributed by atoms with E-state index in [4.69, 9.17) is 0 Å². The van der Waals surface area contributed by atoms with Crippen molar-refractivity contribution >= 4 is 0 Å². The lowest BCUT2D eigenvalue weighted by atomic mass is 10.1. The molecule has 1 rings (SSSR count). The highest BCUT2D eigenvalue weighted by molar-refractivity contribution is 5.13. The van der Waals surface area contributed by atoms with Gasteiger partial charge in [0.15, 0.2) is 12.4 Å². The van der Waals surface area contributed by atoms with Crippen LogP contribution < -0.4 is 4.57 Å². The van der Waals surface area contributed by atoms with E-state index in [1.54, 1.807) is 0 Å². The van der Waals surface area contributed by atoms with Crippen molar-refractivity contribution < 1.29 is 4.57 Å². The Morgan fingerprint density at radius 1 is 1.40 bits per heavy atom. The van der Waals surface area contributed by atoms with E-state index in [-0.39, 0.29) is 0 Å². The second kappa shape index (κ2) is 2.82. The minimum atomic E-state index is 0.390. The monoisotopic (exact) mass is 135 g/mol. The summed E-state index contributed by atoms with van der Waals surface area (Å²) in [4.78, 5) is 0. The van der Waals surface area contributed by atoms with Crippen molar-refractivity contribution in [3.63, 3.8) is 0 Å². The van der Waals surface area contributed by atoms with E-state index in [0.717, 1.165) is 0 Å². The predicted octanol–water partition coefficient (Wildman–Crippen LogP) is 1.45. The molecule has 10 heavy (non-hydrogen) atoms. The van der Waals surface area contributed by atoms with Crippen LogP contribution >= 0.6 is 0 Å². The molecule has 1 atom stereocenters. The molecule has 1 aromatic rings. The van der Waals surface area contributed by atoms with Gasteiger partial charge in [-0.1, -0.05) is 6.92 Å². The Kier molecular flexibility index (Phi) is 2.05. The summed E-state index contributed by atoms with van der Waals surface area (Å²) in [5.74, 6) is 0.390. The number of rotatable bonds is 1. The zero-order valence-corrected chi connectivity index (χ0v) is 6.54. The molecule has 1 unspecified atom stereocenters. The van der Waals surface area contributed by atoms with Crippen molar-refractivity contribution in [2.75, 3.05) is 0 Å². The zero-order chi connectivity index (χ0) is 7.56. The third-order valence-electron chi connectivity index (χ3n) is 1.57. The van der Waals surface area contributed by atoms with Gasteiger partial charge in [-0.2, -0.15) is 0 Å². The lowest BCUT2D eigenvalue weighted by Crippen LogP contribution is -2.26. The number of hydrogen-bond acceptors (Lipinski definition) is 0. The highest BCUT2D eigenvalue weighted by Crippen LogP contribution is 2.09. The van der Waals surface area contributed by atoms with E-state index in [1.807, 2.05) is 24.0 Å². The Labute approximate surface area is 62.3 Å². The van der Waals surface area contributed by atoms with Gasteiger partial charge in [-0.05, 0) is 18.4 Å². The molecule has 1 nitrogen and oxygen atoms in total. The van der Waals surface area contributed by atoms with Crippen LogP contribution in [0.3, 0.4) is 0 Å². The number of aryl methyl sites for hydroxylation is 1. The first kappa shape index (κ1) is 7.26. The van der Waals surface area contributed by atoms with Gasteiger partial charge in [0.1, 0.15) is 7.05 Å². The minimum Gasteiger partial charge on any atom is -0.208 e. The van der Waals surface area contributed by atoms with Crippen LogP contribution in [0.15, 0.2) is 24.5 Å². The van der Waals surface area contributed by atoms with Crippen LogP contribution in [0.5, 0.6) is 0 Å². The topological polar surface area (TPSA) is 3.88 Å². The molecule has 53 valence electrons. The van der Waals surface area contributed by atoms with Crippen molar-refractivity contribution in [1.82, 2.24) is 0 Å². The first-order valence-corrected chi connectivity index (χ1v) is 3.48. The van der Waals surface area contributed by atoms with Crippen molar-refractivity contribution in [2.45, 2.75) is 12.8 Å². The van der Waals surface area contributed by atoms with Gasteiger partial charge in [0, 0.05) is 12.1 Å². The van der Waals surface area contributed by atoms with Crippen molar-refractivity contribution in [2.24, 2.45) is 7.05 Å². The van der Waals surface area contributed by atoms with Gasteiger partial charge >= 0.3 is 0 Å². The number of nitrogens with zero attached hydrogens (tertiary/aromatic N) is 1. The average Bonchev–Trinajstić information content (AvgIpc) is 1.88. The van der Waals surface area contributed by atoms with E-state index in [9.17, 15) is 0 Å². The van der Waals surface area contributed by atoms with Crippen LogP contribution in [-0.2, 0) is 7.05 Å². The van der Waals surface area contributed by atoms with Gasteiger partial charge in [0.25, 0.3) is 0 Å². The maximum Gasteiger partial charge on any atom is 0.168 e. The Morgan fingerprint density at radius 2 is 1.90 bits per heavy atom. The normalized spacial score (nSPS) is 10.4. The summed E-state index contributed by atoms with van der Waals surface area (Å²) in [6.07, 6.45) is 4.08. The fourth-order valence-electron chi connectivity index (χ4n) is 0.841. The molecule has 1 radical (unpaired) electrons. The fourth-order valence-corrected chi connectivity index (χ4v) is 0.841. The lowest BCUT2D eigenvalue weighted by Gasteiger charge is -2.00. The summed E-state index contributed by atoms with van der Waals surface area (Å²) in [5, 5.41) is 0. The Bertz CT molecular complexity index is 198. The van der Waals surface area contributed by atoms with E-state index >= 15 is 0 Å². The highest BCUT2D eigenvalue weighted by Gasteiger charge is 1.98. The highest BCUT2D eigenvalue weighted by atomic mass is 14.9. The number of aromatic nitrogens is 1. The Balaban J connectivity index is 2.89. The molecule has 0 saturated heterocycles. The molecule has 1 aromatic heterocycles. The summed E-state index contributed by atoms with van der Waals surface area (Å²) in [6.45, 7) is 6.02. The first-order valence-electron chi connectivity index (χ1n) is 3.48. The maximum absolute atomic E-state index is 3.93. The van der Waals surface area contributed by atoms with Crippen LogP contribution in [0, 0.1) is 6.92 Å². The van der Waals surface area contributed by atoms with Gasteiger partial charge < -0.3 is 0 Å². The van der Waals surface area contributed by atoms with Crippen molar-refractivity contribution in [1.29, 1.82) is 0 Å². The second-order valence-electron chi connectivity index (χ2n) is 2.70. The molecular weight excluding hydrogens is 122 g/mol. The van der Waals surface area contributed by atoms with Crippen molar-refractivity contribution in [3.05, 3.63) is 37.0 Å². The van der Waals surface area contributed by atoms with Gasteiger partial charge in [0.05, 0.1) is 0 Å². The van der Waals surface area contributed by atoms with E-state index < -0.39 is 0 Å². The van der Waals surface area contributed by atoms with Crippen molar-refractivity contribution in [3.8, 4) is 0 Å². The zero-order valence-electron chi connectivity index (χ0n) is 6.54. The molecule has 0 aliphatic carbocycles. The molecule has 0 bridgehead atoms. The molecule has 0 aliphatic rings. The van der Waals surface area contributed by atoms with Gasteiger partial charge in [-0.25, -0.2) is 4.57 Å². The molecule has 0 fully saturated rings. The summed E-state index contributed by atoms with van der Waals surface area (Å²) >= 11 is 0. The van der Waals surface area contributed by atoms with Crippen LogP contribution in [0.25, 0.3) is 0 Å². The predicted molar refractivity (Wildman–Crippen MR) is 41.4 cm³/mol. The Hall–Kier alpha value is -0.850. The molecule has 0 spiro atoms. The molecular formula is C9H13N+. The molecule has 0 N–H and O–H groups in total. The van der Waals surface area contributed by atoms with Crippen LogP contribution in [0.1, 0.15) is 18.4 Å². The van der Waals surface area contributed by atoms with E-state index in [0.29, 0.717) is 5.92 Å². The largest absolute Gasteiger partial charge is 0.208 e. The fraction of sp³-hybridized carbons (Fsp3) is 0.333. The van der Waals surface area contributed by atoms with E-state index in [2.05, 4.69) is 26.0 Å². The third-order valence-corrected chi connectivity index (χ3v) is 1.57. The first-order chi connectivity index (χ1) is 4.70. The summed E-state index contributed by atoms with van der Waals surface area (Å²) in [7, 11) is 2.01. The molecule has 1 heteroatoms. The lowest BCUT2D eigenvalue weighted by molar-refractivity contribution is -0.671.